The lowest BCUT2D eigenvalue weighted by Crippen LogP contribution is -2.29. The molecule has 2 unspecified atom stereocenters. The van der Waals surface area contributed by atoms with Crippen molar-refractivity contribution >= 4 is 11.6 Å². The summed E-state index contributed by atoms with van der Waals surface area (Å²) in [5.41, 5.74) is 8.77. The van der Waals surface area contributed by atoms with Crippen LogP contribution in [0.2, 0.25) is 0 Å². The summed E-state index contributed by atoms with van der Waals surface area (Å²) in [6.45, 7) is 1.80. The number of nitrogens with two attached hydrogens (primary N) is 1. The highest BCUT2D eigenvalue weighted by molar-refractivity contribution is 5.98. The van der Waals surface area contributed by atoms with Crippen LogP contribution < -0.4 is 11.1 Å². The summed E-state index contributed by atoms with van der Waals surface area (Å²) in [6.07, 6.45) is 0.979. The van der Waals surface area contributed by atoms with Gasteiger partial charge in [-0.2, -0.15) is 5.10 Å². The van der Waals surface area contributed by atoms with E-state index in [9.17, 15) is 4.79 Å². The third-order valence-corrected chi connectivity index (χ3v) is 3.82. The van der Waals surface area contributed by atoms with Crippen LogP contribution in [0.15, 0.2) is 30.3 Å². The number of nitrogens with one attached hydrogen (secondary N) is 1. The van der Waals surface area contributed by atoms with Crippen molar-refractivity contribution in [1.82, 2.24) is 15.1 Å². The van der Waals surface area contributed by atoms with E-state index in [1.54, 1.807) is 18.7 Å². The van der Waals surface area contributed by atoms with Gasteiger partial charge in [0.25, 0.3) is 5.91 Å². The number of rotatable bonds is 3. The van der Waals surface area contributed by atoms with Gasteiger partial charge < -0.3 is 11.1 Å². The van der Waals surface area contributed by atoms with Crippen molar-refractivity contribution in [2.24, 2.45) is 7.05 Å². The zero-order valence-electron chi connectivity index (χ0n) is 11.6. The highest BCUT2D eigenvalue weighted by Gasteiger charge is 2.40. The Morgan fingerprint density at radius 2 is 2.10 bits per heavy atom. The smallest absolute Gasteiger partial charge is 0.271 e. The molecule has 1 aliphatic carbocycles. The molecular formula is C15H18N4O. The number of anilines is 1. The van der Waals surface area contributed by atoms with Crippen LogP contribution >= 0.6 is 0 Å². The first-order valence-corrected chi connectivity index (χ1v) is 6.73. The lowest BCUT2D eigenvalue weighted by Gasteiger charge is -2.06. The number of aromatic nitrogens is 2. The van der Waals surface area contributed by atoms with Crippen LogP contribution in [0, 0.1) is 6.92 Å². The van der Waals surface area contributed by atoms with E-state index < -0.39 is 0 Å². The lowest BCUT2D eigenvalue weighted by atomic mass is 10.1. The maximum Gasteiger partial charge on any atom is 0.271 e. The van der Waals surface area contributed by atoms with E-state index in [1.807, 2.05) is 18.2 Å². The molecule has 1 aliphatic rings. The third kappa shape index (κ3) is 2.15. The maximum absolute atomic E-state index is 12.3. The molecule has 5 nitrogen and oxygen atoms in total. The fraction of sp³-hybridized carbons (Fsp3) is 0.333. The minimum absolute atomic E-state index is 0.144. The summed E-state index contributed by atoms with van der Waals surface area (Å²) in [6, 6.07) is 10.4. The summed E-state index contributed by atoms with van der Waals surface area (Å²) in [7, 11) is 1.74. The van der Waals surface area contributed by atoms with Gasteiger partial charge in [0.1, 0.15) is 5.69 Å². The van der Waals surface area contributed by atoms with E-state index in [-0.39, 0.29) is 11.9 Å². The van der Waals surface area contributed by atoms with Gasteiger partial charge in [0.15, 0.2) is 0 Å². The van der Waals surface area contributed by atoms with E-state index in [0.717, 1.165) is 6.42 Å². The van der Waals surface area contributed by atoms with Crippen molar-refractivity contribution in [2.45, 2.75) is 25.3 Å². The molecular weight excluding hydrogens is 252 g/mol. The van der Waals surface area contributed by atoms with Gasteiger partial charge in [0.2, 0.25) is 0 Å². The van der Waals surface area contributed by atoms with Crippen LogP contribution in [0.25, 0.3) is 0 Å². The molecule has 3 N–H and O–H groups in total. The molecule has 1 saturated carbocycles. The Hall–Kier alpha value is -2.30. The van der Waals surface area contributed by atoms with Gasteiger partial charge in [-0.25, -0.2) is 0 Å². The van der Waals surface area contributed by atoms with Gasteiger partial charge in [-0.1, -0.05) is 30.3 Å². The molecule has 20 heavy (non-hydrogen) atoms. The summed E-state index contributed by atoms with van der Waals surface area (Å²) in [4.78, 5) is 12.3. The maximum atomic E-state index is 12.3. The van der Waals surface area contributed by atoms with Gasteiger partial charge in [-0.3, -0.25) is 9.48 Å². The predicted octanol–water partition coefficient (Wildman–Crippen LogP) is 1.60. The average Bonchev–Trinajstić information content (AvgIpc) is 3.13. The van der Waals surface area contributed by atoms with Crippen molar-refractivity contribution in [3.05, 3.63) is 47.3 Å². The van der Waals surface area contributed by atoms with Crippen LogP contribution in [-0.2, 0) is 7.05 Å². The van der Waals surface area contributed by atoms with Crippen LogP contribution in [-0.4, -0.2) is 21.7 Å². The Morgan fingerprint density at radius 3 is 2.70 bits per heavy atom. The van der Waals surface area contributed by atoms with E-state index >= 15 is 0 Å². The van der Waals surface area contributed by atoms with Crippen LogP contribution in [0.5, 0.6) is 0 Å². The summed E-state index contributed by atoms with van der Waals surface area (Å²) >= 11 is 0. The largest absolute Gasteiger partial charge is 0.395 e. The monoisotopic (exact) mass is 270 g/mol. The van der Waals surface area contributed by atoms with Crippen molar-refractivity contribution < 1.29 is 4.79 Å². The molecule has 3 rings (SSSR count). The molecule has 0 aliphatic heterocycles. The SMILES string of the molecule is Cc1nn(C)c(C(=O)NC2CC2c2ccccc2)c1N. The number of nitrogens with zero attached hydrogens (tertiary/aromatic N) is 2. The van der Waals surface area contributed by atoms with Crippen molar-refractivity contribution in [3.8, 4) is 0 Å². The first kappa shape index (κ1) is 12.7. The molecule has 1 fully saturated rings. The van der Waals surface area contributed by atoms with Crippen LogP contribution in [0.4, 0.5) is 5.69 Å². The number of hydrogen-bond donors (Lipinski definition) is 2. The summed E-state index contributed by atoms with van der Waals surface area (Å²) in [5, 5.41) is 7.20. The Morgan fingerprint density at radius 1 is 1.40 bits per heavy atom. The van der Waals surface area contributed by atoms with Crippen molar-refractivity contribution in [2.75, 3.05) is 5.73 Å². The zero-order chi connectivity index (χ0) is 14.3. The quantitative estimate of drug-likeness (QED) is 0.889. The van der Waals surface area contributed by atoms with Crippen LogP contribution in [0.1, 0.15) is 34.1 Å². The number of amides is 1. The molecule has 104 valence electrons. The fourth-order valence-corrected chi connectivity index (χ4v) is 2.60. The first-order chi connectivity index (χ1) is 9.58. The second-order valence-corrected chi connectivity index (χ2v) is 5.30. The zero-order valence-corrected chi connectivity index (χ0v) is 11.6. The molecule has 0 saturated heterocycles. The van der Waals surface area contributed by atoms with Gasteiger partial charge >= 0.3 is 0 Å². The molecule has 1 aromatic carbocycles. The number of carbonyl (C=O) groups is 1. The minimum atomic E-state index is -0.144. The van der Waals surface area contributed by atoms with Gasteiger partial charge in [0, 0.05) is 19.0 Å². The molecule has 2 atom stereocenters. The number of hydrogen-bond acceptors (Lipinski definition) is 3. The standard InChI is InChI=1S/C15H18N4O/c1-9-13(16)14(19(2)18-9)15(20)17-12-8-11(12)10-6-4-3-5-7-10/h3-7,11-12H,8,16H2,1-2H3,(H,17,20). The molecule has 1 aromatic heterocycles. The molecule has 1 amide bonds. The highest BCUT2D eigenvalue weighted by Crippen LogP contribution is 2.40. The molecule has 1 heterocycles. The number of carbonyl (C=O) groups excluding carboxylic acids is 1. The van der Waals surface area contributed by atoms with E-state index in [2.05, 4.69) is 22.5 Å². The Kier molecular flexibility index (Phi) is 2.97. The second-order valence-electron chi connectivity index (χ2n) is 5.30. The summed E-state index contributed by atoms with van der Waals surface area (Å²) < 4.78 is 1.54. The number of nitrogen functional groups attached to an aromatic ring is 1. The molecule has 2 aromatic rings. The van der Waals surface area contributed by atoms with Gasteiger partial charge in [-0.15, -0.1) is 0 Å². The van der Waals surface area contributed by atoms with Crippen molar-refractivity contribution in [1.29, 1.82) is 0 Å². The Labute approximate surface area is 117 Å². The van der Waals surface area contributed by atoms with E-state index in [4.69, 9.17) is 5.73 Å². The number of benzene rings is 1. The molecule has 5 heteroatoms. The lowest BCUT2D eigenvalue weighted by molar-refractivity contribution is 0.0942. The fourth-order valence-electron chi connectivity index (χ4n) is 2.60. The van der Waals surface area contributed by atoms with Gasteiger partial charge in [0.05, 0.1) is 11.4 Å². The topological polar surface area (TPSA) is 72.9 Å². The highest BCUT2D eigenvalue weighted by atomic mass is 16.2. The first-order valence-electron chi connectivity index (χ1n) is 6.73. The minimum Gasteiger partial charge on any atom is -0.395 e. The Balaban J connectivity index is 1.70. The van der Waals surface area contributed by atoms with Crippen LogP contribution in [0.3, 0.4) is 0 Å². The molecule has 0 spiro atoms. The summed E-state index contributed by atoms with van der Waals surface area (Å²) in [5.74, 6) is 0.268. The normalized spacial score (nSPS) is 20.7. The van der Waals surface area contributed by atoms with E-state index in [1.165, 1.54) is 5.56 Å². The van der Waals surface area contributed by atoms with Gasteiger partial charge in [-0.05, 0) is 18.9 Å². The molecule has 0 radical (unpaired) electrons. The Bertz CT molecular complexity index is 647. The number of aryl methyl sites for hydroxylation is 2. The third-order valence-electron chi connectivity index (χ3n) is 3.82. The van der Waals surface area contributed by atoms with E-state index in [0.29, 0.717) is 23.0 Å². The molecule has 0 bridgehead atoms. The van der Waals surface area contributed by atoms with Crippen molar-refractivity contribution in [3.63, 3.8) is 0 Å². The predicted molar refractivity (Wildman–Crippen MR) is 77.4 cm³/mol. The average molecular weight is 270 g/mol. The second kappa shape index (κ2) is 4.67.